The van der Waals surface area contributed by atoms with Crippen molar-refractivity contribution >= 4 is 57.2 Å². The molecule has 0 bridgehead atoms. The van der Waals surface area contributed by atoms with Gasteiger partial charge in [-0.05, 0) is 25.1 Å². The van der Waals surface area contributed by atoms with Gasteiger partial charge in [0.05, 0.1) is 12.3 Å². The first kappa shape index (κ1) is 22.3. The number of nitrogens with one attached hydrogen (secondary N) is 1. The molecule has 0 saturated carbocycles. The van der Waals surface area contributed by atoms with Gasteiger partial charge in [0.2, 0.25) is 10.0 Å². The van der Waals surface area contributed by atoms with Gasteiger partial charge in [-0.15, -0.1) is 24.0 Å². The molecular weight excluding hydrogens is 477 g/mol. The van der Waals surface area contributed by atoms with Gasteiger partial charge in [-0.25, -0.2) is 13.6 Å². The fourth-order valence-electron chi connectivity index (χ4n) is 2.55. The third kappa shape index (κ3) is 7.55. The van der Waals surface area contributed by atoms with Crippen LogP contribution in [0.2, 0.25) is 5.02 Å². The summed E-state index contributed by atoms with van der Waals surface area (Å²) in [5, 5.41) is 8.95. The maximum atomic E-state index is 11.0. The number of piperazine rings is 1. The molecule has 142 valence electrons. The lowest BCUT2D eigenvalue weighted by atomic mass is 10.2. The van der Waals surface area contributed by atoms with E-state index < -0.39 is 10.0 Å². The summed E-state index contributed by atoms with van der Waals surface area (Å²) in [6, 6.07) is 7.82. The van der Waals surface area contributed by atoms with Crippen molar-refractivity contribution in [2.24, 2.45) is 10.1 Å². The minimum Gasteiger partial charge on any atom is -0.368 e. The summed E-state index contributed by atoms with van der Waals surface area (Å²) in [6.45, 7) is 6.16. The number of hydrogen-bond acceptors (Lipinski definition) is 4. The van der Waals surface area contributed by atoms with Crippen LogP contribution in [-0.4, -0.2) is 64.3 Å². The van der Waals surface area contributed by atoms with E-state index >= 15 is 0 Å². The third-order valence-electron chi connectivity index (χ3n) is 3.72. The monoisotopic (exact) mass is 501 g/mol. The summed E-state index contributed by atoms with van der Waals surface area (Å²) >= 11 is 6.05. The first-order valence-corrected chi connectivity index (χ1v) is 10.0. The third-order valence-corrected chi connectivity index (χ3v) is 4.71. The van der Waals surface area contributed by atoms with Crippen LogP contribution in [0.4, 0.5) is 5.69 Å². The molecule has 1 aromatic rings. The maximum Gasteiger partial charge on any atom is 0.210 e. The summed E-state index contributed by atoms with van der Waals surface area (Å²) in [4.78, 5) is 8.77. The molecule has 0 amide bonds. The summed E-state index contributed by atoms with van der Waals surface area (Å²) in [5.74, 6) is 0.580. The molecule has 25 heavy (non-hydrogen) atoms. The largest absolute Gasteiger partial charge is 0.368 e. The van der Waals surface area contributed by atoms with Crippen molar-refractivity contribution in [3.05, 3.63) is 29.3 Å². The first-order valence-electron chi connectivity index (χ1n) is 7.93. The second kappa shape index (κ2) is 10.4. The van der Waals surface area contributed by atoms with Gasteiger partial charge in [-0.3, -0.25) is 4.99 Å². The topological polar surface area (TPSA) is 91.0 Å². The fraction of sp³-hybridized carbons (Fsp3) is 0.533. The van der Waals surface area contributed by atoms with Crippen molar-refractivity contribution in [1.82, 2.24) is 10.2 Å². The van der Waals surface area contributed by atoms with Gasteiger partial charge in [0.25, 0.3) is 0 Å². The van der Waals surface area contributed by atoms with Gasteiger partial charge in [-0.2, -0.15) is 0 Å². The molecule has 7 nitrogen and oxygen atoms in total. The van der Waals surface area contributed by atoms with Crippen LogP contribution < -0.4 is 15.4 Å². The Kier molecular flexibility index (Phi) is 9.25. The van der Waals surface area contributed by atoms with Gasteiger partial charge >= 0.3 is 0 Å². The Hall–Kier alpha value is -0.780. The van der Waals surface area contributed by atoms with E-state index in [1.165, 1.54) is 0 Å². The number of nitrogens with two attached hydrogens (primary N) is 1. The molecule has 2 rings (SSSR count). The molecule has 3 N–H and O–H groups in total. The summed E-state index contributed by atoms with van der Waals surface area (Å²) in [7, 11) is -3.49. The first-order chi connectivity index (χ1) is 11.4. The molecule has 0 radical (unpaired) electrons. The van der Waals surface area contributed by atoms with Crippen LogP contribution >= 0.6 is 35.6 Å². The summed E-state index contributed by atoms with van der Waals surface area (Å²) in [6.07, 6.45) is 0. The van der Waals surface area contributed by atoms with E-state index in [0.717, 1.165) is 49.4 Å². The molecule has 0 spiro atoms. The number of nitrogens with zero attached hydrogens (tertiary/aromatic N) is 3. The minimum atomic E-state index is -3.49. The Morgan fingerprint density at radius 1 is 1.32 bits per heavy atom. The Morgan fingerprint density at radius 3 is 2.56 bits per heavy atom. The highest BCUT2D eigenvalue weighted by atomic mass is 127. The minimum absolute atomic E-state index is 0. The Bertz CT molecular complexity index is 678. The number of aliphatic imine (C=N–C) groups is 1. The molecule has 0 aromatic heterocycles. The lowest BCUT2D eigenvalue weighted by molar-refractivity contribution is 0.373. The van der Waals surface area contributed by atoms with Gasteiger partial charge in [0.15, 0.2) is 5.96 Å². The molecule has 0 atom stereocenters. The van der Waals surface area contributed by atoms with Crippen LogP contribution in [-0.2, 0) is 10.0 Å². The van der Waals surface area contributed by atoms with Gasteiger partial charge < -0.3 is 15.1 Å². The molecule has 10 heteroatoms. The molecule has 1 aliphatic rings. The fourth-order valence-corrected chi connectivity index (χ4v) is 3.08. The summed E-state index contributed by atoms with van der Waals surface area (Å²) in [5.41, 5.74) is 1.11. The highest BCUT2D eigenvalue weighted by Gasteiger charge is 2.20. The quantitative estimate of drug-likeness (QED) is 0.361. The highest BCUT2D eigenvalue weighted by Crippen LogP contribution is 2.20. The zero-order valence-electron chi connectivity index (χ0n) is 14.2. The number of benzene rings is 1. The van der Waals surface area contributed by atoms with E-state index in [2.05, 4.69) is 20.1 Å². The van der Waals surface area contributed by atoms with Crippen LogP contribution in [0.5, 0.6) is 0 Å². The zero-order valence-corrected chi connectivity index (χ0v) is 18.1. The second-order valence-electron chi connectivity index (χ2n) is 5.56. The van der Waals surface area contributed by atoms with Crippen LogP contribution in [0.1, 0.15) is 6.92 Å². The number of hydrogen-bond donors (Lipinski definition) is 2. The average Bonchev–Trinajstić information content (AvgIpc) is 2.53. The second-order valence-corrected chi connectivity index (χ2v) is 7.73. The summed E-state index contributed by atoms with van der Waals surface area (Å²) < 4.78 is 22.1. The molecular formula is C15H25ClIN5O2S. The number of guanidine groups is 1. The Morgan fingerprint density at radius 2 is 2.00 bits per heavy atom. The number of halogens is 2. The van der Waals surface area contributed by atoms with Crippen LogP contribution in [0.3, 0.4) is 0 Å². The normalized spacial score (nSPS) is 15.7. The van der Waals surface area contributed by atoms with E-state index in [0.29, 0.717) is 0 Å². The molecule has 0 aliphatic carbocycles. The van der Waals surface area contributed by atoms with Crippen LogP contribution in [0, 0.1) is 0 Å². The van der Waals surface area contributed by atoms with Gasteiger partial charge in [0.1, 0.15) is 0 Å². The lowest BCUT2D eigenvalue weighted by Gasteiger charge is -2.37. The number of sulfonamides is 1. The smallest absolute Gasteiger partial charge is 0.210 e. The average molecular weight is 502 g/mol. The van der Waals surface area contributed by atoms with Crippen molar-refractivity contribution < 1.29 is 8.42 Å². The maximum absolute atomic E-state index is 11.0. The Labute approximate surface area is 171 Å². The molecule has 1 aromatic carbocycles. The predicted octanol–water partition coefficient (Wildman–Crippen LogP) is 1.33. The molecule has 1 saturated heterocycles. The van der Waals surface area contributed by atoms with E-state index in [9.17, 15) is 8.42 Å². The molecule has 1 fully saturated rings. The van der Waals surface area contributed by atoms with Crippen molar-refractivity contribution in [3.8, 4) is 0 Å². The number of rotatable bonds is 5. The molecule has 1 heterocycles. The van der Waals surface area contributed by atoms with Gasteiger partial charge in [-0.1, -0.05) is 17.7 Å². The van der Waals surface area contributed by atoms with E-state index in [4.69, 9.17) is 16.7 Å². The van der Waals surface area contributed by atoms with Gasteiger partial charge in [0, 0.05) is 43.4 Å². The van der Waals surface area contributed by atoms with Crippen LogP contribution in [0.15, 0.2) is 29.3 Å². The highest BCUT2D eigenvalue weighted by molar-refractivity contribution is 14.0. The standard InChI is InChI=1S/C15H24ClN5O2S.HI/c1-2-18-15(19-6-11-24(17,22)23)21-9-7-20(8-10-21)14-5-3-4-13(16)12-14;/h3-5,12H,2,6-11H2,1H3,(H,18,19)(H2,17,22,23);1H. The van der Waals surface area contributed by atoms with Crippen molar-refractivity contribution in [2.45, 2.75) is 6.92 Å². The SMILES string of the molecule is CCNC(=NCCS(N)(=O)=O)N1CCN(c2cccc(Cl)c2)CC1.I. The van der Waals surface area contributed by atoms with Crippen molar-refractivity contribution in [2.75, 3.05) is 49.9 Å². The lowest BCUT2D eigenvalue weighted by Crippen LogP contribution is -2.52. The van der Waals surface area contributed by atoms with E-state index in [1.807, 2.05) is 31.2 Å². The zero-order chi connectivity index (χ0) is 17.6. The Balaban J connectivity index is 0.00000312. The number of primary sulfonamides is 1. The molecule has 0 unspecified atom stereocenters. The predicted molar refractivity (Wildman–Crippen MR) is 115 cm³/mol. The van der Waals surface area contributed by atoms with Crippen LogP contribution in [0.25, 0.3) is 0 Å². The van der Waals surface area contributed by atoms with E-state index in [1.54, 1.807) is 0 Å². The van der Waals surface area contributed by atoms with E-state index in [-0.39, 0.29) is 36.3 Å². The van der Waals surface area contributed by atoms with Crippen molar-refractivity contribution in [1.29, 1.82) is 0 Å². The van der Waals surface area contributed by atoms with Crippen molar-refractivity contribution in [3.63, 3.8) is 0 Å². The number of anilines is 1. The molecule has 1 aliphatic heterocycles.